The number of anilines is 1. The molecule has 3 rings (SSSR count). The number of para-hydroxylation sites is 2. The molecular formula is C17H25N5O. The normalized spacial score (nSPS) is 18.2. The Hall–Kier alpha value is -1.76. The molecular weight excluding hydrogens is 290 g/mol. The van der Waals surface area contributed by atoms with E-state index >= 15 is 0 Å². The number of likely N-dealkylation sites (N-methyl/N-ethyl adjacent to an activating group) is 2. The van der Waals surface area contributed by atoms with Crippen LogP contribution in [0.3, 0.4) is 0 Å². The Morgan fingerprint density at radius 3 is 2.61 bits per heavy atom. The number of aliphatic hydroxyl groups is 1. The molecule has 0 saturated carbocycles. The van der Waals surface area contributed by atoms with Gasteiger partial charge in [0.1, 0.15) is 5.82 Å². The lowest BCUT2D eigenvalue weighted by Crippen LogP contribution is -2.48. The highest BCUT2D eigenvalue weighted by Crippen LogP contribution is 2.14. The first-order valence-corrected chi connectivity index (χ1v) is 8.14. The number of benzene rings is 1. The fourth-order valence-corrected chi connectivity index (χ4v) is 2.93. The summed E-state index contributed by atoms with van der Waals surface area (Å²) in [6.45, 7) is 5.44. The van der Waals surface area contributed by atoms with E-state index in [1.54, 1.807) is 6.20 Å². The minimum absolute atomic E-state index is 0.392. The van der Waals surface area contributed by atoms with Gasteiger partial charge in [-0.05, 0) is 19.2 Å². The van der Waals surface area contributed by atoms with Gasteiger partial charge in [-0.3, -0.25) is 9.88 Å². The lowest BCUT2D eigenvalue weighted by atomic mass is 10.2. The second-order valence-corrected chi connectivity index (χ2v) is 6.36. The molecule has 0 bridgehead atoms. The summed E-state index contributed by atoms with van der Waals surface area (Å²) in [6, 6.07) is 7.83. The van der Waals surface area contributed by atoms with Crippen molar-refractivity contribution < 1.29 is 5.11 Å². The van der Waals surface area contributed by atoms with E-state index in [-0.39, 0.29) is 0 Å². The summed E-state index contributed by atoms with van der Waals surface area (Å²) in [7, 11) is 4.09. The Morgan fingerprint density at radius 1 is 1.17 bits per heavy atom. The minimum atomic E-state index is -0.392. The van der Waals surface area contributed by atoms with Crippen molar-refractivity contribution >= 4 is 16.9 Å². The fraction of sp³-hybridized carbons (Fsp3) is 0.529. The van der Waals surface area contributed by atoms with E-state index in [4.69, 9.17) is 0 Å². The third-order valence-corrected chi connectivity index (χ3v) is 4.38. The molecule has 0 amide bonds. The van der Waals surface area contributed by atoms with Gasteiger partial charge in [0, 0.05) is 46.3 Å². The summed E-state index contributed by atoms with van der Waals surface area (Å²) >= 11 is 0. The predicted octanol–water partition coefficient (Wildman–Crippen LogP) is 0.674. The Balaban J connectivity index is 1.57. The van der Waals surface area contributed by atoms with Crippen LogP contribution in [0.2, 0.25) is 0 Å². The van der Waals surface area contributed by atoms with E-state index in [0.717, 1.165) is 43.0 Å². The first-order chi connectivity index (χ1) is 11.1. The van der Waals surface area contributed by atoms with Crippen LogP contribution in [0.25, 0.3) is 11.0 Å². The zero-order valence-electron chi connectivity index (χ0n) is 13.9. The monoisotopic (exact) mass is 315 g/mol. The molecule has 23 heavy (non-hydrogen) atoms. The average Bonchev–Trinajstić information content (AvgIpc) is 2.56. The first-order valence-electron chi connectivity index (χ1n) is 8.14. The highest BCUT2D eigenvalue weighted by Gasteiger charge is 2.18. The number of hydrogen-bond donors (Lipinski definition) is 1. The molecule has 1 aliphatic heterocycles. The number of fused-ring (bicyclic) bond motifs is 1. The van der Waals surface area contributed by atoms with Crippen LogP contribution in [0.15, 0.2) is 30.5 Å². The van der Waals surface area contributed by atoms with E-state index in [0.29, 0.717) is 13.1 Å². The van der Waals surface area contributed by atoms with Crippen molar-refractivity contribution in [2.24, 2.45) is 0 Å². The van der Waals surface area contributed by atoms with Crippen LogP contribution in [0.5, 0.6) is 0 Å². The Bertz CT molecular complexity index is 642. The molecule has 0 aliphatic carbocycles. The molecule has 1 fully saturated rings. The van der Waals surface area contributed by atoms with Gasteiger partial charge < -0.3 is 14.9 Å². The fourth-order valence-electron chi connectivity index (χ4n) is 2.93. The Morgan fingerprint density at radius 2 is 1.87 bits per heavy atom. The summed E-state index contributed by atoms with van der Waals surface area (Å²) < 4.78 is 0. The maximum absolute atomic E-state index is 10.4. The van der Waals surface area contributed by atoms with Crippen LogP contribution in [0.1, 0.15) is 0 Å². The van der Waals surface area contributed by atoms with Crippen molar-refractivity contribution in [1.82, 2.24) is 19.8 Å². The highest BCUT2D eigenvalue weighted by atomic mass is 16.3. The second-order valence-electron chi connectivity index (χ2n) is 6.36. The maximum atomic E-state index is 10.4. The van der Waals surface area contributed by atoms with E-state index in [9.17, 15) is 5.11 Å². The largest absolute Gasteiger partial charge is 0.390 e. The second kappa shape index (κ2) is 7.21. The van der Waals surface area contributed by atoms with Crippen molar-refractivity contribution in [3.05, 3.63) is 30.5 Å². The molecule has 0 radical (unpaired) electrons. The van der Waals surface area contributed by atoms with Gasteiger partial charge in [0.05, 0.1) is 23.3 Å². The van der Waals surface area contributed by atoms with Gasteiger partial charge >= 0.3 is 0 Å². The van der Waals surface area contributed by atoms with Crippen LogP contribution in [0.4, 0.5) is 5.82 Å². The van der Waals surface area contributed by atoms with E-state index in [1.807, 2.05) is 36.2 Å². The number of aliphatic hydroxyl groups excluding tert-OH is 1. The molecule has 1 N–H and O–H groups in total. The van der Waals surface area contributed by atoms with Gasteiger partial charge in [-0.25, -0.2) is 4.98 Å². The number of rotatable bonds is 5. The van der Waals surface area contributed by atoms with Crippen LogP contribution in [0, 0.1) is 0 Å². The van der Waals surface area contributed by atoms with Crippen molar-refractivity contribution in [3.63, 3.8) is 0 Å². The minimum Gasteiger partial charge on any atom is -0.390 e. The van der Waals surface area contributed by atoms with Crippen LogP contribution >= 0.6 is 0 Å². The smallest absolute Gasteiger partial charge is 0.147 e. The van der Waals surface area contributed by atoms with Crippen LogP contribution in [-0.4, -0.2) is 84.3 Å². The molecule has 1 aliphatic rings. The quantitative estimate of drug-likeness (QED) is 0.875. The number of nitrogens with zero attached hydrogens (tertiary/aromatic N) is 5. The van der Waals surface area contributed by atoms with Gasteiger partial charge in [0.25, 0.3) is 0 Å². The van der Waals surface area contributed by atoms with Crippen molar-refractivity contribution in [1.29, 1.82) is 0 Å². The van der Waals surface area contributed by atoms with Gasteiger partial charge in [-0.2, -0.15) is 0 Å². The molecule has 1 atom stereocenters. The zero-order valence-corrected chi connectivity index (χ0v) is 13.9. The molecule has 6 nitrogen and oxygen atoms in total. The molecule has 1 aromatic carbocycles. The summed E-state index contributed by atoms with van der Waals surface area (Å²) in [5.74, 6) is 0.793. The van der Waals surface area contributed by atoms with Gasteiger partial charge in [-0.1, -0.05) is 12.1 Å². The van der Waals surface area contributed by atoms with Crippen molar-refractivity contribution in [2.75, 3.05) is 58.3 Å². The average molecular weight is 315 g/mol. The van der Waals surface area contributed by atoms with E-state index < -0.39 is 6.10 Å². The number of piperazine rings is 1. The lowest BCUT2D eigenvalue weighted by molar-refractivity contribution is 0.0842. The molecule has 1 unspecified atom stereocenters. The van der Waals surface area contributed by atoms with Crippen molar-refractivity contribution in [2.45, 2.75) is 6.10 Å². The summed E-state index contributed by atoms with van der Waals surface area (Å²) in [5.41, 5.74) is 1.77. The van der Waals surface area contributed by atoms with E-state index in [1.165, 1.54) is 0 Å². The molecule has 124 valence electrons. The SMILES string of the molecule is CN1CCN(CC(O)CN(C)c2cnc3ccccc3n2)CC1. The van der Waals surface area contributed by atoms with Crippen LogP contribution in [-0.2, 0) is 0 Å². The maximum Gasteiger partial charge on any atom is 0.147 e. The molecule has 0 spiro atoms. The zero-order chi connectivity index (χ0) is 16.2. The van der Waals surface area contributed by atoms with E-state index in [2.05, 4.69) is 26.8 Å². The molecule has 2 aromatic rings. The van der Waals surface area contributed by atoms with Gasteiger partial charge in [-0.15, -0.1) is 0 Å². The highest BCUT2D eigenvalue weighted by molar-refractivity contribution is 5.75. The molecule has 1 aromatic heterocycles. The number of β-amino-alcohol motifs (C(OH)–C–C–N with tert-alkyl or cyclic N) is 1. The Kier molecular flexibility index (Phi) is 5.05. The lowest BCUT2D eigenvalue weighted by Gasteiger charge is -2.34. The Labute approximate surface area is 137 Å². The molecule has 1 saturated heterocycles. The van der Waals surface area contributed by atoms with Crippen molar-refractivity contribution in [3.8, 4) is 0 Å². The number of aromatic nitrogens is 2. The third-order valence-electron chi connectivity index (χ3n) is 4.38. The molecule has 6 heteroatoms. The predicted molar refractivity (Wildman–Crippen MR) is 92.8 cm³/mol. The molecule has 2 heterocycles. The first kappa shape index (κ1) is 16.1. The summed E-state index contributed by atoms with van der Waals surface area (Å²) in [6.07, 6.45) is 1.38. The van der Waals surface area contributed by atoms with Crippen LogP contribution < -0.4 is 4.90 Å². The third kappa shape index (κ3) is 4.16. The topological polar surface area (TPSA) is 55.7 Å². The summed E-state index contributed by atoms with van der Waals surface area (Å²) in [4.78, 5) is 15.7. The van der Waals surface area contributed by atoms with Gasteiger partial charge in [0.15, 0.2) is 0 Å². The number of hydrogen-bond acceptors (Lipinski definition) is 6. The van der Waals surface area contributed by atoms with Gasteiger partial charge in [0.2, 0.25) is 0 Å². The summed E-state index contributed by atoms with van der Waals surface area (Å²) in [5, 5.41) is 10.4. The standard InChI is InChI=1S/C17H25N5O/c1-20-7-9-22(10-8-20)13-14(23)12-21(2)17-11-18-15-5-3-4-6-16(15)19-17/h3-6,11,14,23H,7-10,12-13H2,1-2H3.